The third-order valence-electron chi connectivity index (χ3n) is 5.73. The van der Waals surface area contributed by atoms with Crippen LogP contribution in [0.1, 0.15) is 42.9 Å². The van der Waals surface area contributed by atoms with Crippen LogP contribution in [0, 0.1) is 5.92 Å². The van der Waals surface area contributed by atoms with E-state index < -0.39 is 10.0 Å². The van der Waals surface area contributed by atoms with Gasteiger partial charge >= 0.3 is 0 Å². The Labute approximate surface area is 191 Å². The first kappa shape index (κ1) is 23.7. The van der Waals surface area contributed by atoms with Gasteiger partial charge < -0.3 is 4.79 Å². The van der Waals surface area contributed by atoms with Gasteiger partial charge in [-0.15, -0.1) is 0 Å². The zero-order valence-corrected chi connectivity index (χ0v) is 19.4. The van der Waals surface area contributed by atoms with Crippen molar-refractivity contribution in [3.05, 3.63) is 95.6 Å². The van der Waals surface area contributed by atoms with E-state index in [4.69, 9.17) is 0 Å². The molecule has 0 saturated carbocycles. The van der Waals surface area contributed by atoms with Gasteiger partial charge in [0.1, 0.15) is 6.29 Å². The summed E-state index contributed by atoms with van der Waals surface area (Å²) in [7, 11) is -3.60. The van der Waals surface area contributed by atoms with E-state index in [1.807, 2.05) is 18.2 Å². The first-order valence-corrected chi connectivity index (χ1v) is 12.7. The quantitative estimate of drug-likeness (QED) is 0.354. The molecule has 1 atom stereocenters. The number of carbonyl (C=O) groups is 1. The number of anilines is 1. The van der Waals surface area contributed by atoms with Crippen LogP contribution >= 0.6 is 0 Å². The van der Waals surface area contributed by atoms with Gasteiger partial charge in [-0.3, -0.25) is 4.72 Å². The number of aldehydes is 1. The van der Waals surface area contributed by atoms with Gasteiger partial charge in [-0.2, -0.15) is 0 Å². The number of sulfonamides is 1. The Morgan fingerprint density at radius 3 is 2.00 bits per heavy atom. The standard InChI is InChI=1S/C27H31NO3S/c1-2-22-11-13-24(14-12-22)15-16-25(21-29)8-6-7-23-17-19-27(20-18-23)32(30,31)28-26-9-4-3-5-10-26/h3-5,9-14,17-21,25,28H,2,6-8,15-16H2,1H3. The predicted molar refractivity (Wildman–Crippen MR) is 130 cm³/mol. The number of carbonyl (C=O) groups excluding carboxylic acids is 1. The van der Waals surface area contributed by atoms with Gasteiger partial charge in [-0.1, -0.05) is 61.5 Å². The van der Waals surface area contributed by atoms with E-state index in [2.05, 4.69) is 35.9 Å². The number of hydrogen-bond acceptors (Lipinski definition) is 3. The largest absolute Gasteiger partial charge is 0.303 e. The van der Waals surface area contributed by atoms with Crippen LogP contribution in [-0.2, 0) is 34.1 Å². The zero-order chi connectivity index (χ0) is 22.8. The molecule has 0 bridgehead atoms. The van der Waals surface area contributed by atoms with E-state index in [9.17, 15) is 13.2 Å². The van der Waals surface area contributed by atoms with Gasteiger partial charge in [0.25, 0.3) is 10.0 Å². The number of para-hydroxylation sites is 1. The lowest BCUT2D eigenvalue weighted by atomic mass is 9.94. The molecule has 0 heterocycles. The van der Waals surface area contributed by atoms with Crippen LogP contribution in [0.5, 0.6) is 0 Å². The number of aryl methyl sites for hydroxylation is 3. The van der Waals surface area contributed by atoms with Gasteiger partial charge in [0.15, 0.2) is 0 Å². The summed E-state index contributed by atoms with van der Waals surface area (Å²) < 4.78 is 27.6. The molecule has 32 heavy (non-hydrogen) atoms. The first-order chi connectivity index (χ1) is 15.5. The van der Waals surface area contributed by atoms with Crippen LogP contribution < -0.4 is 4.72 Å². The van der Waals surface area contributed by atoms with Crippen molar-refractivity contribution in [2.45, 2.75) is 50.3 Å². The van der Waals surface area contributed by atoms with E-state index in [1.165, 1.54) is 11.1 Å². The fraction of sp³-hybridized carbons (Fsp3) is 0.296. The average molecular weight is 450 g/mol. The van der Waals surface area contributed by atoms with Crippen LogP contribution in [-0.4, -0.2) is 14.7 Å². The van der Waals surface area contributed by atoms with Crippen molar-refractivity contribution in [1.29, 1.82) is 0 Å². The molecule has 1 unspecified atom stereocenters. The van der Waals surface area contributed by atoms with Crippen molar-refractivity contribution in [2.75, 3.05) is 4.72 Å². The lowest BCUT2D eigenvalue weighted by molar-refractivity contribution is -0.111. The SMILES string of the molecule is CCc1ccc(CCC(C=O)CCCc2ccc(S(=O)(=O)Nc3ccccc3)cc2)cc1. The molecule has 0 fully saturated rings. The van der Waals surface area contributed by atoms with Crippen molar-refractivity contribution in [1.82, 2.24) is 0 Å². The van der Waals surface area contributed by atoms with E-state index in [1.54, 1.807) is 36.4 Å². The van der Waals surface area contributed by atoms with E-state index in [0.29, 0.717) is 5.69 Å². The summed E-state index contributed by atoms with van der Waals surface area (Å²) in [4.78, 5) is 11.7. The topological polar surface area (TPSA) is 63.2 Å². The second-order valence-electron chi connectivity index (χ2n) is 8.11. The predicted octanol–water partition coefficient (Wildman–Crippen LogP) is 5.82. The molecular formula is C27H31NO3S. The molecule has 5 heteroatoms. The zero-order valence-electron chi connectivity index (χ0n) is 18.5. The van der Waals surface area contributed by atoms with Gasteiger partial charge in [0.05, 0.1) is 4.90 Å². The lowest BCUT2D eigenvalue weighted by Crippen LogP contribution is -2.12. The van der Waals surface area contributed by atoms with Crippen molar-refractivity contribution in [3.8, 4) is 0 Å². The highest BCUT2D eigenvalue weighted by Gasteiger charge is 2.14. The third kappa shape index (κ3) is 7.06. The van der Waals surface area contributed by atoms with Crippen LogP contribution in [0.15, 0.2) is 83.8 Å². The lowest BCUT2D eigenvalue weighted by Gasteiger charge is -2.11. The molecular weight excluding hydrogens is 418 g/mol. The highest BCUT2D eigenvalue weighted by atomic mass is 32.2. The number of nitrogens with one attached hydrogen (secondary N) is 1. The van der Waals surface area contributed by atoms with Crippen LogP contribution in [0.3, 0.4) is 0 Å². The average Bonchev–Trinajstić information content (AvgIpc) is 2.82. The fourth-order valence-corrected chi connectivity index (χ4v) is 4.76. The minimum atomic E-state index is -3.60. The summed E-state index contributed by atoms with van der Waals surface area (Å²) in [6.45, 7) is 2.14. The summed E-state index contributed by atoms with van der Waals surface area (Å²) in [6, 6.07) is 24.5. The molecule has 4 nitrogen and oxygen atoms in total. The van der Waals surface area contributed by atoms with Crippen LogP contribution in [0.2, 0.25) is 0 Å². The highest BCUT2D eigenvalue weighted by molar-refractivity contribution is 7.92. The molecule has 3 aromatic rings. The Morgan fingerprint density at radius 1 is 0.781 bits per heavy atom. The Hall–Kier alpha value is -2.92. The van der Waals surface area contributed by atoms with Crippen molar-refractivity contribution in [3.63, 3.8) is 0 Å². The third-order valence-corrected chi connectivity index (χ3v) is 7.12. The minimum absolute atomic E-state index is 0.0515. The van der Waals surface area contributed by atoms with Gasteiger partial charge in [-0.25, -0.2) is 8.42 Å². The van der Waals surface area contributed by atoms with Crippen molar-refractivity contribution < 1.29 is 13.2 Å². The number of hydrogen-bond donors (Lipinski definition) is 1. The Morgan fingerprint density at radius 2 is 1.38 bits per heavy atom. The molecule has 0 aliphatic rings. The van der Waals surface area contributed by atoms with E-state index >= 15 is 0 Å². The normalized spacial score (nSPS) is 12.3. The summed E-state index contributed by atoms with van der Waals surface area (Å²) in [5.41, 5.74) is 4.21. The second kappa shape index (κ2) is 11.6. The van der Waals surface area contributed by atoms with Gasteiger partial charge in [0.2, 0.25) is 0 Å². The number of rotatable bonds is 12. The van der Waals surface area contributed by atoms with Gasteiger partial charge in [0, 0.05) is 11.6 Å². The monoisotopic (exact) mass is 449 g/mol. The summed E-state index contributed by atoms with van der Waals surface area (Å²) in [5.74, 6) is 0.0515. The molecule has 0 aromatic heterocycles. The Balaban J connectivity index is 1.47. The van der Waals surface area contributed by atoms with Crippen LogP contribution in [0.25, 0.3) is 0 Å². The molecule has 0 amide bonds. The summed E-state index contributed by atoms with van der Waals surface area (Å²) in [5, 5.41) is 0. The maximum Gasteiger partial charge on any atom is 0.261 e. The molecule has 0 radical (unpaired) electrons. The molecule has 3 aromatic carbocycles. The molecule has 0 spiro atoms. The summed E-state index contributed by atoms with van der Waals surface area (Å²) >= 11 is 0. The smallest absolute Gasteiger partial charge is 0.261 e. The molecule has 1 N–H and O–H groups in total. The molecule has 0 aliphatic carbocycles. The molecule has 168 valence electrons. The molecule has 0 aliphatic heterocycles. The van der Waals surface area contributed by atoms with E-state index in [0.717, 1.165) is 50.4 Å². The Bertz CT molecular complexity index is 1080. The fourth-order valence-electron chi connectivity index (χ4n) is 3.70. The molecule has 0 saturated heterocycles. The first-order valence-electron chi connectivity index (χ1n) is 11.2. The highest BCUT2D eigenvalue weighted by Crippen LogP contribution is 2.19. The van der Waals surface area contributed by atoms with Crippen molar-refractivity contribution >= 4 is 22.0 Å². The Kier molecular flexibility index (Phi) is 8.63. The minimum Gasteiger partial charge on any atom is -0.303 e. The van der Waals surface area contributed by atoms with Crippen LogP contribution in [0.4, 0.5) is 5.69 Å². The number of benzene rings is 3. The molecule has 3 rings (SSSR count). The van der Waals surface area contributed by atoms with Crippen molar-refractivity contribution in [2.24, 2.45) is 5.92 Å². The van der Waals surface area contributed by atoms with Gasteiger partial charge in [-0.05, 0) is 79.5 Å². The summed E-state index contributed by atoms with van der Waals surface area (Å²) in [6.07, 6.45) is 6.44. The maximum atomic E-state index is 12.5. The maximum absolute atomic E-state index is 12.5. The second-order valence-corrected chi connectivity index (χ2v) is 9.79. The van der Waals surface area contributed by atoms with E-state index in [-0.39, 0.29) is 10.8 Å².